The van der Waals surface area contributed by atoms with Crippen molar-refractivity contribution < 1.29 is 23.7 Å². The number of hydrogen-bond acceptors (Lipinski definition) is 5. The number of rotatable bonds is 8. The lowest BCUT2D eigenvalue weighted by Crippen LogP contribution is -2.35. The van der Waals surface area contributed by atoms with Crippen molar-refractivity contribution in [2.75, 3.05) is 35.0 Å². The number of carbonyl (C=O) groups is 1. The average Bonchev–Trinajstić information content (AvgIpc) is 2.49. The summed E-state index contributed by atoms with van der Waals surface area (Å²) in [7, 11) is 6.20. The van der Waals surface area contributed by atoms with Gasteiger partial charge < -0.3 is 24.3 Å². The summed E-state index contributed by atoms with van der Waals surface area (Å²) in [5, 5.41) is 2.77. The van der Waals surface area contributed by atoms with Crippen LogP contribution in [0.5, 0.6) is 11.5 Å². The maximum Gasteiger partial charge on any atom is 0.224 e. The molecule has 0 aromatic heterocycles. The second kappa shape index (κ2) is 8.49. The number of ether oxygens (including phenoxy) is 4. The Balaban J connectivity index is 2.71. The molecule has 118 valence electrons. The van der Waals surface area contributed by atoms with Crippen molar-refractivity contribution in [3.8, 4) is 11.5 Å². The van der Waals surface area contributed by atoms with Crippen molar-refractivity contribution in [3.63, 3.8) is 0 Å². The Morgan fingerprint density at radius 3 is 2.19 bits per heavy atom. The predicted octanol–water partition coefficient (Wildman–Crippen LogP) is 1.29. The fourth-order valence-corrected chi connectivity index (χ4v) is 1.91. The van der Waals surface area contributed by atoms with Gasteiger partial charge in [-0.2, -0.15) is 0 Å². The van der Waals surface area contributed by atoms with Crippen molar-refractivity contribution in [3.05, 3.63) is 23.3 Å². The number of methoxy groups -OCH3 is 4. The van der Waals surface area contributed by atoms with Gasteiger partial charge in [0.25, 0.3) is 0 Å². The topological polar surface area (TPSA) is 66.0 Å². The maximum absolute atomic E-state index is 12.0. The second-order valence-electron chi connectivity index (χ2n) is 4.52. The van der Waals surface area contributed by atoms with Crippen LogP contribution in [0.25, 0.3) is 0 Å². The molecule has 1 amide bonds. The van der Waals surface area contributed by atoms with E-state index in [1.165, 1.54) is 14.2 Å². The smallest absolute Gasteiger partial charge is 0.224 e. The summed E-state index contributed by atoms with van der Waals surface area (Å²) in [5.74, 6) is 1.15. The van der Waals surface area contributed by atoms with Gasteiger partial charge in [0.15, 0.2) is 17.8 Å². The molecule has 1 aromatic carbocycles. The zero-order chi connectivity index (χ0) is 15.8. The number of carbonyl (C=O) groups excluding carboxylic acids is 1. The first kappa shape index (κ1) is 17.3. The number of hydrogen-bond donors (Lipinski definition) is 1. The van der Waals surface area contributed by atoms with E-state index in [2.05, 4.69) is 5.32 Å². The minimum Gasteiger partial charge on any atom is -0.493 e. The highest BCUT2D eigenvalue weighted by Crippen LogP contribution is 2.30. The van der Waals surface area contributed by atoms with E-state index < -0.39 is 6.29 Å². The monoisotopic (exact) mass is 297 g/mol. The SMILES string of the molecule is COc1cc(C)c(CC(=O)NCC(OC)OC)cc1OC. The summed E-state index contributed by atoms with van der Waals surface area (Å²) < 4.78 is 20.5. The first-order valence-corrected chi connectivity index (χ1v) is 6.59. The van der Waals surface area contributed by atoms with Crippen LogP contribution in [-0.4, -0.2) is 47.2 Å². The fraction of sp³-hybridized carbons (Fsp3) is 0.533. The number of amides is 1. The molecule has 0 atom stereocenters. The van der Waals surface area contributed by atoms with E-state index in [0.717, 1.165) is 11.1 Å². The molecule has 0 saturated carbocycles. The summed E-state index contributed by atoms with van der Waals surface area (Å²) in [6, 6.07) is 3.67. The summed E-state index contributed by atoms with van der Waals surface area (Å²) in [6.07, 6.45) is -0.188. The highest BCUT2D eigenvalue weighted by molar-refractivity contribution is 5.79. The fourth-order valence-electron chi connectivity index (χ4n) is 1.91. The molecule has 0 saturated heterocycles. The first-order chi connectivity index (χ1) is 10.0. The Bertz CT molecular complexity index is 471. The quantitative estimate of drug-likeness (QED) is 0.732. The molecule has 1 rings (SSSR count). The Labute approximate surface area is 125 Å². The molecule has 0 spiro atoms. The molecule has 1 aromatic rings. The standard InChI is InChI=1S/C15H23NO5/c1-10-6-12(18-2)13(19-3)7-11(10)8-14(17)16-9-15(20-4)21-5/h6-7,15H,8-9H2,1-5H3,(H,16,17). The minimum atomic E-state index is -0.444. The van der Waals surface area contributed by atoms with E-state index in [9.17, 15) is 4.79 Å². The van der Waals surface area contributed by atoms with Crippen molar-refractivity contribution in [1.82, 2.24) is 5.32 Å². The first-order valence-electron chi connectivity index (χ1n) is 6.59. The summed E-state index contributed by atoms with van der Waals surface area (Å²) >= 11 is 0. The van der Waals surface area contributed by atoms with E-state index in [0.29, 0.717) is 18.0 Å². The second-order valence-corrected chi connectivity index (χ2v) is 4.52. The maximum atomic E-state index is 12.0. The van der Waals surface area contributed by atoms with Crippen LogP contribution < -0.4 is 14.8 Å². The summed E-state index contributed by atoms with van der Waals surface area (Å²) in [5.41, 5.74) is 1.86. The lowest BCUT2D eigenvalue weighted by atomic mass is 10.0. The number of aryl methyl sites for hydroxylation is 1. The van der Waals surface area contributed by atoms with Gasteiger partial charge in [-0.1, -0.05) is 0 Å². The van der Waals surface area contributed by atoms with E-state index in [1.54, 1.807) is 14.2 Å². The molecule has 0 fully saturated rings. The van der Waals surface area contributed by atoms with Gasteiger partial charge in [-0.15, -0.1) is 0 Å². The van der Waals surface area contributed by atoms with Crippen molar-refractivity contribution in [2.45, 2.75) is 19.6 Å². The molecule has 0 radical (unpaired) electrons. The van der Waals surface area contributed by atoms with Crippen LogP contribution in [0.3, 0.4) is 0 Å². The van der Waals surface area contributed by atoms with Gasteiger partial charge in [-0.05, 0) is 30.2 Å². The number of benzene rings is 1. The summed E-state index contributed by atoms with van der Waals surface area (Å²) in [6.45, 7) is 2.23. The largest absolute Gasteiger partial charge is 0.493 e. The highest BCUT2D eigenvalue weighted by Gasteiger charge is 2.13. The molecule has 0 bridgehead atoms. The van der Waals surface area contributed by atoms with Gasteiger partial charge in [0.05, 0.1) is 27.2 Å². The van der Waals surface area contributed by atoms with Gasteiger partial charge in [0.2, 0.25) is 5.91 Å². The molecule has 0 heterocycles. The third-order valence-corrected chi connectivity index (χ3v) is 3.18. The molecule has 21 heavy (non-hydrogen) atoms. The molecular formula is C15H23NO5. The lowest BCUT2D eigenvalue weighted by Gasteiger charge is -2.15. The molecule has 6 nitrogen and oxygen atoms in total. The lowest BCUT2D eigenvalue weighted by molar-refractivity contribution is -0.126. The van der Waals surface area contributed by atoms with Gasteiger partial charge in [-0.25, -0.2) is 0 Å². The van der Waals surface area contributed by atoms with Crippen molar-refractivity contribution in [1.29, 1.82) is 0 Å². The van der Waals surface area contributed by atoms with Gasteiger partial charge in [0, 0.05) is 14.2 Å². The van der Waals surface area contributed by atoms with Gasteiger partial charge in [-0.3, -0.25) is 4.79 Å². The van der Waals surface area contributed by atoms with E-state index >= 15 is 0 Å². The van der Waals surface area contributed by atoms with Crippen LogP contribution in [0.2, 0.25) is 0 Å². The third kappa shape index (κ3) is 4.91. The van der Waals surface area contributed by atoms with Crippen molar-refractivity contribution in [2.24, 2.45) is 0 Å². The third-order valence-electron chi connectivity index (χ3n) is 3.18. The zero-order valence-electron chi connectivity index (χ0n) is 13.2. The van der Waals surface area contributed by atoms with E-state index in [4.69, 9.17) is 18.9 Å². The predicted molar refractivity (Wildman–Crippen MR) is 78.8 cm³/mol. The van der Waals surface area contributed by atoms with Crippen LogP contribution in [0.1, 0.15) is 11.1 Å². The van der Waals surface area contributed by atoms with Crippen LogP contribution in [0.4, 0.5) is 0 Å². The highest BCUT2D eigenvalue weighted by atomic mass is 16.7. The molecular weight excluding hydrogens is 274 g/mol. The van der Waals surface area contributed by atoms with Crippen LogP contribution >= 0.6 is 0 Å². The molecule has 0 unspecified atom stereocenters. The average molecular weight is 297 g/mol. The molecule has 0 aliphatic heterocycles. The number of nitrogens with one attached hydrogen (secondary N) is 1. The van der Waals surface area contributed by atoms with Crippen molar-refractivity contribution >= 4 is 5.91 Å². The molecule has 6 heteroatoms. The molecule has 0 aliphatic rings. The van der Waals surface area contributed by atoms with Crippen LogP contribution in [-0.2, 0) is 20.7 Å². The summed E-state index contributed by atoms with van der Waals surface area (Å²) in [4.78, 5) is 12.0. The van der Waals surface area contributed by atoms with Gasteiger partial charge in [0.1, 0.15) is 0 Å². The Hall–Kier alpha value is -1.79. The Morgan fingerprint density at radius 1 is 1.10 bits per heavy atom. The molecule has 0 aliphatic carbocycles. The normalized spacial score (nSPS) is 10.6. The Morgan fingerprint density at radius 2 is 1.67 bits per heavy atom. The zero-order valence-corrected chi connectivity index (χ0v) is 13.2. The van der Waals surface area contributed by atoms with E-state index in [-0.39, 0.29) is 12.3 Å². The minimum absolute atomic E-state index is 0.107. The van der Waals surface area contributed by atoms with Crippen LogP contribution in [0.15, 0.2) is 12.1 Å². The van der Waals surface area contributed by atoms with Crippen LogP contribution in [0, 0.1) is 6.92 Å². The van der Waals surface area contributed by atoms with Gasteiger partial charge >= 0.3 is 0 Å². The van der Waals surface area contributed by atoms with E-state index in [1.807, 2.05) is 19.1 Å². The molecule has 1 N–H and O–H groups in total. The Kier molecular flexibility index (Phi) is 6.98.